The molecule has 8 heteroatoms. The molecule has 130 valence electrons. The highest BCUT2D eigenvalue weighted by atomic mass is 16.5. The lowest BCUT2D eigenvalue weighted by molar-refractivity contribution is 0.0929. The van der Waals surface area contributed by atoms with Crippen LogP contribution in [0.3, 0.4) is 0 Å². The Bertz CT molecular complexity index is 672. The van der Waals surface area contributed by atoms with Gasteiger partial charge in [-0.25, -0.2) is 9.67 Å². The summed E-state index contributed by atoms with van der Waals surface area (Å²) in [5.74, 6) is 0.289. The quantitative estimate of drug-likeness (QED) is 0.824. The fourth-order valence-electron chi connectivity index (χ4n) is 2.80. The Labute approximate surface area is 141 Å². The molecule has 1 amide bonds. The van der Waals surface area contributed by atoms with Crippen LogP contribution in [0.5, 0.6) is 0 Å². The van der Waals surface area contributed by atoms with Crippen molar-refractivity contribution in [3.8, 4) is 0 Å². The molecule has 0 aliphatic carbocycles. The van der Waals surface area contributed by atoms with Gasteiger partial charge in [-0.05, 0) is 18.8 Å². The van der Waals surface area contributed by atoms with E-state index in [1.807, 2.05) is 0 Å². The number of ether oxygens (including phenoxy) is 1. The summed E-state index contributed by atoms with van der Waals surface area (Å²) in [6, 6.07) is 0. The van der Waals surface area contributed by atoms with Crippen molar-refractivity contribution in [2.45, 2.75) is 52.4 Å². The van der Waals surface area contributed by atoms with Gasteiger partial charge in [0.25, 0.3) is 5.91 Å². The molecule has 1 aliphatic heterocycles. The Kier molecular flexibility index (Phi) is 5.24. The van der Waals surface area contributed by atoms with E-state index in [0.29, 0.717) is 24.7 Å². The zero-order valence-electron chi connectivity index (χ0n) is 14.2. The maximum atomic E-state index is 12.2. The van der Waals surface area contributed by atoms with Crippen LogP contribution < -0.4 is 5.32 Å². The molecule has 0 radical (unpaired) electrons. The molecule has 1 atom stereocenters. The Hall–Kier alpha value is -2.22. The van der Waals surface area contributed by atoms with Gasteiger partial charge >= 0.3 is 0 Å². The van der Waals surface area contributed by atoms with Gasteiger partial charge in [0, 0.05) is 19.3 Å². The predicted molar refractivity (Wildman–Crippen MR) is 87.2 cm³/mol. The predicted octanol–water partition coefficient (Wildman–Crippen LogP) is 1.24. The first-order valence-corrected chi connectivity index (χ1v) is 8.40. The van der Waals surface area contributed by atoms with E-state index in [9.17, 15) is 4.79 Å². The summed E-state index contributed by atoms with van der Waals surface area (Å²) in [6.07, 6.45) is 7.52. The SMILES string of the molecule is CC(C)Cn1cncc1CNC(=O)c1cn(CC2CCCO2)nn1. The summed E-state index contributed by atoms with van der Waals surface area (Å²) in [6.45, 7) is 7.04. The minimum Gasteiger partial charge on any atom is -0.376 e. The van der Waals surface area contributed by atoms with E-state index >= 15 is 0 Å². The molecule has 8 nitrogen and oxygen atoms in total. The normalized spacial score (nSPS) is 17.5. The van der Waals surface area contributed by atoms with Crippen LogP contribution in [-0.4, -0.2) is 43.2 Å². The molecule has 1 unspecified atom stereocenters. The smallest absolute Gasteiger partial charge is 0.273 e. The number of nitrogens with one attached hydrogen (secondary N) is 1. The zero-order valence-corrected chi connectivity index (χ0v) is 14.2. The fraction of sp³-hybridized carbons (Fsp3) is 0.625. The summed E-state index contributed by atoms with van der Waals surface area (Å²) in [5, 5.41) is 10.8. The topological polar surface area (TPSA) is 86.9 Å². The molecule has 0 saturated carbocycles. The minimum absolute atomic E-state index is 0.174. The number of nitrogens with zero attached hydrogens (tertiary/aromatic N) is 5. The first-order chi connectivity index (χ1) is 11.6. The Morgan fingerprint density at radius 1 is 1.50 bits per heavy atom. The van der Waals surface area contributed by atoms with E-state index in [4.69, 9.17) is 4.74 Å². The second kappa shape index (κ2) is 7.57. The highest BCUT2D eigenvalue weighted by Gasteiger charge is 2.18. The standard InChI is InChI=1S/C16H24N6O2/c1-12(2)8-21-11-17-6-13(21)7-18-16(23)15-10-22(20-19-15)9-14-4-3-5-24-14/h6,10-12,14H,3-5,7-9H2,1-2H3,(H,18,23). The van der Waals surface area contributed by atoms with Gasteiger partial charge in [0.15, 0.2) is 5.69 Å². The number of imidazole rings is 1. The number of aromatic nitrogens is 5. The van der Waals surface area contributed by atoms with Gasteiger partial charge in [-0.2, -0.15) is 0 Å². The zero-order chi connectivity index (χ0) is 16.9. The molecule has 2 aromatic heterocycles. The van der Waals surface area contributed by atoms with Crippen LogP contribution in [0, 0.1) is 5.92 Å². The lowest BCUT2D eigenvalue weighted by Gasteiger charge is -2.10. The van der Waals surface area contributed by atoms with Crippen LogP contribution in [0.4, 0.5) is 0 Å². The summed E-state index contributed by atoms with van der Waals surface area (Å²) in [7, 11) is 0. The highest BCUT2D eigenvalue weighted by molar-refractivity contribution is 5.91. The number of amides is 1. The first kappa shape index (κ1) is 16.6. The second-order valence-corrected chi connectivity index (χ2v) is 6.57. The third-order valence-corrected chi connectivity index (χ3v) is 3.98. The van der Waals surface area contributed by atoms with E-state index in [-0.39, 0.29) is 12.0 Å². The second-order valence-electron chi connectivity index (χ2n) is 6.57. The van der Waals surface area contributed by atoms with Gasteiger partial charge in [0.2, 0.25) is 0 Å². The summed E-state index contributed by atoms with van der Waals surface area (Å²) in [4.78, 5) is 16.4. The molecule has 0 bridgehead atoms. The van der Waals surface area contributed by atoms with Crippen molar-refractivity contribution in [1.82, 2.24) is 29.9 Å². The van der Waals surface area contributed by atoms with Crippen LogP contribution in [0.2, 0.25) is 0 Å². The lowest BCUT2D eigenvalue weighted by atomic mass is 10.2. The minimum atomic E-state index is -0.231. The van der Waals surface area contributed by atoms with Gasteiger partial charge < -0.3 is 14.6 Å². The van der Waals surface area contributed by atoms with Gasteiger partial charge in [-0.15, -0.1) is 5.10 Å². The first-order valence-electron chi connectivity index (χ1n) is 8.40. The van der Waals surface area contributed by atoms with E-state index in [1.54, 1.807) is 23.4 Å². The third-order valence-electron chi connectivity index (χ3n) is 3.98. The fourth-order valence-corrected chi connectivity index (χ4v) is 2.80. The molecule has 2 aromatic rings. The monoisotopic (exact) mass is 332 g/mol. The molecule has 0 spiro atoms. The summed E-state index contributed by atoms with van der Waals surface area (Å²) < 4.78 is 9.30. The molecule has 3 rings (SSSR count). The molecular weight excluding hydrogens is 308 g/mol. The Morgan fingerprint density at radius 3 is 3.12 bits per heavy atom. The van der Waals surface area contributed by atoms with Crippen molar-refractivity contribution in [2.75, 3.05) is 6.61 Å². The average Bonchev–Trinajstić information content (AvgIpc) is 3.27. The molecule has 1 N–H and O–H groups in total. The Balaban J connectivity index is 1.53. The number of rotatable bonds is 7. The van der Waals surface area contributed by atoms with Gasteiger partial charge in [-0.3, -0.25) is 4.79 Å². The number of carbonyl (C=O) groups is 1. The van der Waals surface area contributed by atoms with Crippen LogP contribution in [0.15, 0.2) is 18.7 Å². The van der Waals surface area contributed by atoms with Crippen molar-refractivity contribution in [2.24, 2.45) is 5.92 Å². The van der Waals surface area contributed by atoms with E-state index < -0.39 is 0 Å². The molecular formula is C16H24N6O2. The molecule has 1 saturated heterocycles. The average molecular weight is 332 g/mol. The maximum Gasteiger partial charge on any atom is 0.273 e. The number of hydrogen-bond acceptors (Lipinski definition) is 5. The molecule has 1 fully saturated rings. The van der Waals surface area contributed by atoms with Crippen LogP contribution >= 0.6 is 0 Å². The largest absolute Gasteiger partial charge is 0.376 e. The van der Waals surface area contributed by atoms with Gasteiger partial charge in [-0.1, -0.05) is 19.1 Å². The van der Waals surface area contributed by atoms with Gasteiger partial charge in [0.1, 0.15) is 0 Å². The summed E-state index contributed by atoms with van der Waals surface area (Å²) >= 11 is 0. The van der Waals surface area contributed by atoms with Gasteiger partial charge in [0.05, 0.1) is 37.4 Å². The molecule has 1 aliphatic rings. The van der Waals surface area contributed by atoms with Crippen molar-refractivity contribution >= 4 is 5.91 Å². The van der Waals surface area contributed by atoms with Crippen LogP contribution in [0.1, 0.15) is 42.9 Å². The van der Waals surface area contributed by atoms with Crippen molar-refractivity contribution in [3.05, 3.63) is 30.1 Å². The van der Waals surface area contributed by atoms with Crippen molar-refractivity contribution < 1.29 is 9.53 Å². The van der Waals surface area contributed by atoms with E-state index in [1.165, 1.54) is 0 Å². The molecule has 0 aromatic carbocycles. The van der Waals surface area contributed by atoms with Crippen molar-refractivity contribution in [3.63, 3.8) is 0 Å². The third kappa shape index (κ3) is 4.19. The van der Waals surface area contributed by atoms with Crippen LogP contribution in [-0.2, 0) is 24.4 Å². The number of carbonyl (C=O) groups excluding carboxylic acids is 1. The number of hydrogen-bond donors (Lipinski definition) is 1. The Morgan fingerprint density at radius 2 is 2.38 bits per heavy atom. The van der Waals surface area contributed by atoms with Crippen molar-refractivity contribution in [1.29, 1.82) is 0 Å². The molecule has 24 heavy (non-hydrogen) atoms. The van der Waals surface area contributed by atoms with E-state index in [0.717, 1.165) is 31.7 Å². The maximum absolute atomic E-state index is 12.2. The van der Waals surface area contributed by atoms with Crippen LogP contribution in [0.25, 0.3) is 0 Å². The summed E-state index contributed by atoms with van der Waals surface area (Å²) in [5.41, 5.74) is 1.30. The van der Waals surface area contributed by atoms with E-state index in [2.05, 4.69) is 39.0 Å². The molecule has 3 heterocycles. The highest BCUT2D eigenvalue weighted by Crippen LogP contribution is 2.13. The lowest BCUT2D eigenvalue weighted by Crippen LogP contribution is -2.25.